The lowest BCUT2D eigenvalue weighted by atomic mass is 9.93. The van der Waals surface area contributed by atoms with Gasteiger partial charge in [0, 0.05) is 31.1 Å². The molecule has 9 nitrogen and oxygen atoms in total. The Morgan fingerprint density at radius 3 is 2.74 bits per heavy atom. The predicted molar refractivity (Wildman–Crippen MR) is 131 cm³/mol. The molecule has 0 unspecified atom stereocenters. The second-order valence-electron chi connectivity index (χ2n) is 9.75. The zero-order valence-corrected chi connectivity index (χ0v) is 20.8. The number of fused-ring (bicyclic) bond motifs is 2. The number of guanidine groups is 1. The molecule has 2 aliphatic heterocycles. The summed E-state index contributed by atoms with van der Waals surface area (Å²) in [6.45, 7) is 5.43. The number of benzene rings is 1. The van der Waals surface area contributed by atoms with Crippen molar-refractivity contribution in [3.05, 3.63) is 23.8 Å². The maximum atomic E-state index is 13.1. The summed E-state index contributed by atoms with van der Waals surface area (Å²) in [7, 11) is 0. The van der Waals surface area contributed by atoms with E-state index in [1.807, 2.05) is 41.8 Å². The Labute approximate surface area is 206 Å². The molecule has 0 spiro atoms. The minimum absolute atomic E-state index is 0.0446. The summed E-state index contributed by atoms with van der Waals surface area (Å²) in [5, 5.41) is 2.76. The highest BCUT2D eigenvalue weighted by Crippen LogP contribution is 2.30. The Kier molecular flexibility index (Phi) is 8.25. The largest absolute Gasteiger partial charge is 0.494 e. The van der Waals surface area contributed by atoms with E-state index in [9.17, 15) is 14.4 Å². The van der Waals surface area contributed by atoms with Crippen molar-refractivity contribution in [2.24, 2.45) is 4.99 Å². The highest BCUT2D eigenvalue weighted by atomic mass is 16.5. The number of nitrogens with one attached hydrogen (secondary N) is 1. The van der Waals surface area contributed by atoms with Crippen LogP contribution in [0, 0.1) is 0 Å². The van der Waals surface area contributed by atoms with E-state index in [2.05, 4.69) is 10.3 Å². The Morgan fingerprint density at radius 1 is 1.17 bits per heavy atom. The third kappa shape index (κ3) is 6.74. The zero-order valence-electron chi connectivity index (χ0n) is 20.8. The number of carbonyl (C=O) groups excluding carboxylic acids is 3. The Bertz CT molecular complexity index is 970. The van der Waals surface area contributed by atoms with Crippen molar-refractivity contribution in [1.82, 2.24) is 15.1 Å². The number of ether oxygens (including phenoxy) is 2. The van der Waals surface area contributed by atoms with Crippen LogP contribution in [0.4, 0.5) is 5.69 Å². The van der Waals surface area contributed by atoms with Gasteiger partial charge in [-0.15, -0.1) is 0 Å². The summed E-state index contributed by atoms with van der Waals surface area (Å²) < 4.78 is 11.2. The van der Waals surface area contributed by atoms with Gasteiger partial charge < -0.3 is 19.3 Å². The normalized spacial score (nSPS) is 17.4. The van der Waals surface area contributed by atoms with Crippen molar-refractivity contribution >= 4 is 29.4 Å². The van der Waals surface area contributed by atoms with Crippen molar-refractivity contribution < 1.29 is 23.9 Å². The van der Waals surface area contributed by atoms with E-state index in [0.29, 0.717) is 45.0 Å². The van der Waals surface area contributed by atoms with E-state index in [4.69, 9.17) is 9.47 Å². The molecule has 2 fully saturated rings. The van der Waals surface area contributed by atoms with Crippen LogP contribution < -0.4 is 10.1 Å². The van der Waals surface area contributed by atoms with Gasteiger partial charge in [0.05, 0.1) is 24.8 Å². The molecule has 0 atom stereocenters. The summed E-state index contributed by atoms with van der Waals surface area (Å²) in [4.78, 5) is 45.0. The van der Waals surface area contributed by atoms with Gasteiger partial charge in [-0.2, -0.15) is 0 Å². The SMILES string of the molecule is CC(C)OC(=O)CCN(C(=O)CCCOc1ccc2c(c1)CN1CC(=O)NC1=N2)C1CCCCC1. The maximum absolute atomic E-state index is 13.1. The predicted octanol–water partition coefficient (Wildman–Crippen LogP) is 3.28. The van der Waals surface area contributed by atoms with Crippen LogP contribution in [0.15, 0.2) is 23.2 Å². The number of nitrogens with zero attached hydrogens (tertiary/aromatic N) is 3. The Hall–Kier alpha value is -3.10. The van der Waals surface area contributed by atoms with Gasteiger partial charge in [0.25, 0.3) is 0 Å². The average molecular weight is 485 g/mol. The molecule has 1 saturated carbocycles. The fourth-order valence-corrected chi connectivity index (χ4v) is 4.92. The summed E-state index contributed by atoms with van der Waals surface area (Å²) in [5.41, 5.74) is 1.84. The van der Waals surface area contributed by atoms with Crippen LogP contribution in [-0.4, -0.2) is 65.4 Å². The van der Waals surface area contributed by atoms with Crippen molar-refractivity contribution in [1.29, 1.82) is 0 Å². The first-order valence-electron chi connectivity index (χ1n) is 12.8. The molecule has 0 aromatic heterocycles. The van der Waals surface area contributed by atoms with Crippen LogP contribution in [0.3, 0.4) is 0 Å². The van der Waals surface area contributed by atoms with E-state index in [0.717, 1.165) is 42.7 Å². The second-order valence-corrected chi connectivity index (χ2v) is 9.75. The fraction of sp³-hybridized carbons (Fsp3) is 0.615. The quantitative estimate of drug-likeness (QED) is 0.404. The van der Waals surface area contributed by atoms with Gasteiger partial charge in [0.1, 0.15) is 12.3 Å². The average Bonchev–Trinajstić information content (AvgIpc) is 3.19. The van der Waals surface area contributed by atoms with E-state index in [1.165, 1.54) is 6.42 Å². The fourth-order valence-electron chi connectivity index (χ4n) is 4.92. The summed E-state index contributed by atoms with van der Waals surface area (Å²) in [5.74, 6) is 1.12. The second kappa shape index (κ2) is 11.6. The Morgan fingerprint density at radius 2 is 1.97 bits per heavy atom. The van der Waals surface area contributed by atoms with E-state index in [-0.39, 0.29) is 36.4 Å². The molecule has 0 radical (unpaired) electrons. The van der Waals surface area contributed by atoms with Gasteiger partial charge in [-0.25, -0.2) is 4.99 Å². The van der Waals surface area contributed by atoms with Crippen LogP contribution in [-0.2, 0) is 25.7 Å². The third-order valence-corrected chi connectivity index (χ3v) is 6.59. The van der Waals surface area contributed by atoms with Crippen LogP contribution in [0.25, 0.3) is 0 Å². The monoisotopic (exact) mass is 484 g/mol. The first-order valence-corrected chi connectivity index (χ1v) is 12.8. The molecule has 2 amide bonds. The number of aliphatic imine (C=N–C) groups is 1. The molecule has 1 aromatic carbocycles. The van der Waals surface area contributed by atoms with Gasteiger partial charge in [-0.1, -0.05) is 19.3 Å². The van der Waals surface area contributed by atoms with Crippen LogP contribution in [0.2, 0.25) is 0 Å². The lowest BCUT2D eigenvalue weighted by Gasteiger charge is -2.34. The van der Waals surface area contributed by atoms with Gasteiger partial charge in [0.15, 0.2) is 0 Å². The lowest BCUT2D eigenvalue weighted by Crippen LogP contribution is -2.42. The molecule has 9 heteroatoms. The minimum Gasteiger partial charge on any atom is -0.494 e. The third-order valence-electron chi connectivity index (χ3n) is 6.59. The smallest absolute Gasteiger partial charge is 0.307 e. The minimum atomic E-state index is -0.255. The number of esters is 1. The lowest BCUT2D eigenvalue weighted by molar-refractivity contribution is -0.148. The van der Waals surface area contributed by atoms with Crippen molar-refractivity contribution in [3.8, 4) is 5.75 Å². The summed E-state index contributed by atoms with van der Waals surface area (Å²) in [6, 6.07) is 5.92. The van der Waals surface area contributed by atoms with E-state index in [1.54, 1.807) is 0 Å². The molecule has 1 saturated heterocycles. The topological polar surface area (TPSA) is 101 Å². The summed E-state index contributed by atoms with van der Waals surface area (Å²) >= 11 is 0. The van der Waals surface area contributed by atoms with Crippen LogP contribution >= 0.6 is 0 Å². The molecule has 1 aliphatic carbocycles. The van der Waals surface area contributed by atoms with Crippen LogP contribution in [0.1, 0.15) is 70.8 Å². The molecule has 1 N–H and O–H groups in total. The van der Waals surface area contributed by atoms with Crippen LogP contribution in [0.5, 0.6) is 5.75 Å². The van der Waals surface area contributed by atoms with Crippen molar-refractivity contribution in [3.63, 3.8) is 0 Å². The van der Waals surface area contributed by atoms with Gasteiger partial charge >= 0.3 is 5.97 Å². The number of hydrogen-bond donors (Lipinski definition) is 1. The number of rotatable bonds is 10. The highest BCUT2D eigenvalue weighted by molar-refractivity contribution is 6.05. The van der Waals surface area contributed by atoms with E-state index >= 15 is 0 Å². The van der Waals surface area contributed by atoms with E-state index < -0.39 is 0 Å². The molecule has 4 rings (SSSR count). The molecule has 3 aliphatic rings. The van der Waals surface area contributed by atoms with Gasteiger partial charge in [-0.05, 0) is 51.3 Å². The molecule has 35 heavy (non-hydrogen) atoms. The van der Waals surface area contributed by atoms with Crippen molar-refractivity contribution in [2.75, 3.05) is 19.7 Å². The maximum Gasteiger partial charge on any atom is 0.307 e. The number of amides is 2. The Balaban J connectivity index is 1.26. The number of hydrogen-bond acceptors (Lipinski definition) is 7. The summed E-state index contributed by atoms with van der Waals surface area (Å²) in [6.07, 6.45) is 6.52. The highest BCUT2D eigenvalue weighted by Gasteiger charge is 2.29. The standard InChI is InChI=1S/C26H36N4O5/c1-18(2)35-25(33)12-13-30(20-7-4-3-5-8-20)24(32)9-6-14-34-21-10-11-22-19(15-21)16-29-17-23(31)28-26(29)27-22/h10-11,15,18,20H,3-9,12-14,16-17H2,1-2H3,(H,27,28,31). The first kappa shape index (κ1) is 25.0. The molecular weight excluding hydrogens is 448 g/mol. The number of carbonyl (C=O) groups is 3. The molecule has 190 valence electrons. The molecule has 1 aromatic rings. The van der Waals surface area contributed by atoms with Gasteiger partial charge in [0.2, 0.25) is 17.8 Å². The molecular formula is C26H36N4O5. The molecule has 0 bridgehead atoms. The first-order chi connectivity index (χ1) is 16.9. The van der Waals surface area contributed by atoms with Crippen molar-refractivity contribution in [2.45, 2.75) is 83.9 Å². The zero-order chi connectivity index (χ0) is 24.8. The van der Waals surface area contributed by atoms with Gasteiger partial charge in [-0.3, -0.25) is 19.7 Å². The molecule has 2 heterocycles.